The number of aliphatic carboxylic acids is 1. The van der Waals surface area contributed by atoms with Gasteiger partial charge in [-0.25, -0.2) is 19.5 Å². The van der Waals surface area contributed by atoms with Crippen LogP contribution in [0.5, 0.6) is 0 Å². The number of nitrogen functional groups attached to an aromatic ring is 1. The van der Waals surface area contributed by atoms with Gasteiger partial charge in [-0.1, -0.05) is 60.7 Å². The molecule has 0 bridgehead atoms. The van der Waals surface area contributed by atoms with Gasteiger partial charge in [-0.05, 0) is 35.2 Å². The van der Waals surface area contributed by atoms with Gasteiger partial charge in [0, 0.05) is 6.20 Å². The highest BCUT2D eigenvalue weighted by atomic mass is 19.4. The SMILES string of the molecule is N#C[C@@H]1[C@@H](Cc2ccnc(N)c2)C(=O)N1C(=O)NC(c1ccccc1)c1ccccc1.O=C(O)C(F)(F)F. The number of carbonyl (C=O) groups excluding carboxylic acids is 2. The summed E-state index contributed by atoms with van der Waals surface area (Å²) < 4.78 is 31.7. The Morgan fingerprint density at radius 3 is 2.05 bits per heavy atom. The summed E-state index contributed by atoms with van der Waals surface area (Å²) >= 11 is 0. The number of nitriles is 1. The summed E-state index contributed by atoms with van der Waals surface area (Å²) in [7, 11) is 0. The number of pyridine rings is 1. The zero-order valence-electron chi connectivity index (χ0n) is 19.7. The summed E-state index contributed by atoms with van der Waals surface area (Å²) in [5, 5.41) is 19.7. The first-order valence-corrected chi connectivity index (χ1v) is 11.2. The van der Waals surface area contributed by atoms with E-state index in [1.165, 1.54) is 0 Å². The second-order valence-electron chi connectivity index (χ2n) is 8.19. The third kappa shape index (κ3) is 6.64. The molecule has 1 aliphatic heterocycles. The van der Waals surface area contributed by atoms with Crippen LogP contribution in [0.2, 0.25) is 0 Å². The number of nitrogens with zero attached hydrogens (tertiary/aromatic N) is 3. The van der Waals surface area contributed by atoms with Gasteiger partial charge >= 0.3 is 18.2 Å². The van der Waals surface area contributed by atoms with Crippen molar-refractivity contribution in [3.05, 3.63) is 95.7 Å². The van der Waals surface area contributed by atoms with Crippen LogP contribution in [0.15, 0.2) is 79.0 Å². The van der Waals surface area contributed by atoms with Gasteiger partial charge < -0.3 is 16.2 Å². The summed E-state index contributed by atoms with van der Waals surface area (Å²) in [6, 6.07) is 22.7. The zero-order valence-corrected chi connectivity index (χ0v) is 19.7. The Bertz CT molecular complexity index is 1290. The average Bonchev–Trinajstić information content (AvgIpc) is 2.89. The molecule has 1 fully saturated rings. The predicted molar refractivity (Wildman–Crippen MR) is 129 cm³/mol. The van der Waals surface area contributed by atoms with E-state index in [0.717, 1.165) is 21.6 Å². The van der Waals surface area contributed by atoms with Gasteiger partial charge in [0.2, 0.25) is 5.91 Å². The number of β-lactam (4-membered cyclic amide) rings is 1. The molecule has 38 heavy (non-hydrogen) atoms. The number of imide groups is 1. The van der Waals surface area contributed by atoms with Gasteiger partial charge in [0.25, 0.3) is 0 Å². The van der Waals surface area contributed by atoms with Crippen molar-refractivity contribution < 1.29 is 32.7 Å². The number of hydrogen-bond acceptors (Lipinski definition) is 6. The summed E-state index contributed by atoms with van der Waals surface area (Å²) in [5.41, 5.74) is 8.27. The second-order valence-corrected chi connectivity index (χ2v) is 8.19. The van der Waals surface area contributed by atoms with E-state index >= 15 is 0 Å². The molecule has 12 heteroatoms. The summed E-state index contributed by atoms with van der Waals surface area (Å²) in [6.07, 6.45) is -3.20. The van der Waals surface area contributed by atoms with Crippen LogP contribution in [0.1, 0.15) is 22.7 Å². The highest BCUT2D eigenvalue weighted by Gasteiger charge is 2.51. The van der Waals surface area contributed by atoms with Crippen molar-refractivity contribution in [1.82, 2.24) is 15.2 Å². The Labute approximate surface area is 215 Å². The Morgan fingerprint density at radius 1 is 1.08 bits per heavy atom. The molecule has 196 valence electrons. The molecule has 0 unspecified atom stereocenters. The van der Waals surface area contributed by atoms with E-state index in [4.69, 9.17) is 15.6 Å². The first kappa shape index (κ1) is 27.7. The van der Waals surface area contributed by atoms with E-state index in [2.05, 4.69) is 16.4 Å². The lowest BCUT2D eigenvalue weighted by atomic mass is 9.83. The fourth-order valence-electron chi connectivity index (χ4n) is 3.84. The van der Waals surface area contributed by atoms with E-state index in [-0.39, 0.29) is 5.91 Å². The third-order valence-electron chi connectivity index (χ3n) is 5.64. The maximum Gasteiger partial charge on any atom is 0.490 e. The molecule has 2 atom stereocenters. The fraction of sp³-hybridized carbons (Fsp3) is 0.192. The summed E-state index contributed by atoms with van der Waals surface area (Å²) in [4.78, 5) is 39.7. The topological polar surface area (TPSA) is 149 Å². The molecule has 2 heterocycles. The number of alkyl halides is 3. The van der Waals surface area contributed by atoms with Crippen molar-refractivity contribution in [3.63, 3.8) is 0 Å². The number of aromatic nitrogens is 1. The highest BCUT2D eigenvalue weighted by molar-refractivity contribution is 6.02. The van der Waals surface area contributed by atoms with Gasteiger partial charge in [-0.3, -0.25) is 4.79 Å². The molecule has 1 aromatic heterocycles. The van der Waals surface area contributed by atoms with Crippen LogP contribution in [0.4, 0.5) is 23.8 Å². The number of benzene rings is 2. The summed E-state index contributed by atoms with van der Waals surface area (Å²) in [5.74, 6) is -3.38. The predicted octanol–water partition coefficient (Wildman–Crippen LogP) is 3.69. The number of amides is 3. The molecule has 0 saturated carbocycles. The molecule has 0 spiro atoms. The van der Waals surface area contributed by atoms with Gasteiger partial charge in [0.1, 0.15) is 11.9 Å². The smallest absolute Gasteiger partial charge is 0.475 e. The number of hydrogen-bond donors (Lipinski definition) is 3. The van der Waals surface area contributed by atoms with Crippen molar-refractivity contribution in [2.75, 3.05) is 5.73 Å². The van der Waals surface area contributed by atoms with Crippen LogP contribution in [0.25, 0.3) is 0 Å². The number of anilines is 1. The van der Waals surface area contributed by atoms with Crippen LogP contribution in [-0.4, -0.2) is 45.1 Å². The molecule has 4 rings (SSSR count). The number of nitrogens with one attached hydrogen (secondary N) is 1. The maximum absolute atomic E-state index is 13.0. The number of halogens is 3. The van der Waals surface area contributed by atoms with Crippen molar-refractivity contribution in [1.29, 1.82) is 5.26 Å². The van der Waals surface area contributed by atoms with Crippen molar-refractivity contribution >= 4 is 23.7 Å². The van der Waals surface area contributed by atoms with Crippen LogP contribution in [-0.2, 0) is 16.0 Å². The molecular formula is C26H22F3N5O4. The molecule has 2 aromatic carbocycles. The minimum absolute atomic E-state index is 0.328. The third-order valence-corrected chi connectivity index (χ3v) is 5.64. The number of carbonyl (C=O) groups is 3. The number of nitrogens with two attached hydrogens (primary N) is 1. The largest absolute Gasteiger partial charge is 0.490 e. The van der Waals surface area contributed by atoms with Crippen LogP contribution in [0.3, 0.4) is 0 Å². The van der Waals surface area contributed by atoms with Gasteiger partial charge in [0.05, 0.1) is 18.0 Å². The Kier molecular flexibility index (Phi) is 8.65. The summed E-state index contributed by atoms with van der Waals surface area (Å²) in [6.45, 7) is 0. The average molecular weight is 525 g/mol. The van der Waals surface area contributed by atoms with E-state index in [1.54, 1.807) is 18.3 Å². The zero-order chi connectivity index (χ0) is 27.9. The lowest BCUT2D eigenvalue weighted by molar-refractivity contribution is -0.192. The maximum atomic E-state index is 13.0. The molecule has 3 aromatic rings. The molecule has 1 aliphatic rings. The molecular weight excluding hydrogens is 503 g/mol. The fourth-order valence-corrected chi connectivity index (χ4v) is 3.84. The molecule has 1 saturated heterocycles. The van der Waals surface area contributed by atoms with Crippen LogP contribution in [0, 0.1) is 17.2 Å². The molecule has 0 aliphatic carbocycles. The second kappa shape index (κ2) is 11.9. The van der Waals surface area contributed by atoms with Crippen molar-refractivity contribution in [2.24, 2.45) is 5.92 Å². The standard InChI is InChI=1S/C24H21N5O2.C2HF3O2/c25-15-20-19(13-16-11-12-27-21(26)14-16)23(30)29(20)24(31)28-22(17-7-3-1-4-8-17)18-9-5-2-6-10-18;3-2(4,5)1(6)7/h1-12,14,19-20,22H,13H2,(H2,26,27)(H,28,31);(H,6,7)/t19-,20-;/m1./s1. The number of carboxylic acid groups (broad SMARTS) is 1. The Hall–Kier alpha value is -4.92. The Balaban J connectivity index is 0.000000505. The molecule has 9 nitrogen and oxygen atoms in total. The molecule has 0 radical (unpaired) electrons. The van der Waals surface area contributed by atoms with E-state index < -0.39 is 36.2 Å². The lowest BCUT2D eigenvalue weighted by Crippen LogP contribution is -2.65. The van der Waals surface area contributed by atoms with Crippen molar-refractivity contribution in [2.45, 2.75) is 24.7 Å². The normalized spacial score (nSPS) is 16.5. The van der Waals surface area contributed by atoms with Gasteiger partial charge in [-0.15, -0.1) is 0 Å². The minimum atomic E-state index is -5.08. The van der Waals surface area contributed by atoms with Gasteiger partial charge in [-0.2, -0.15) is 18.4 Å². The number of carboxylic acids is 1. The quantitative estimate of drug-likeness (QED) is 0.430. The van der Waals surface area contributed by atoms with Crippen LogP contribution >= 0.6 is 0 Å². The lowest BCUT2D eigenvalue weighted by Gasteiger charge is -2.42. The van der Waals surface area contributed by atoms with Crippen LogP contribution < -0.4 is 11.1 Å². The van der Waals surface area contributed by atoms with Crippen molar-refractivity contribution in [3.8, 4) is 6.07 Å². The molecule has 3 amide bonds. The Morgan fingerprint density at radius 2 is 1.61 bits per heavy atom. The number of likely N-dealkylation sites (tertiary alicyclic amines) is 1. The van der Waals surface area contributed by atoms with E-state index in [1.807, 2.05) is 60.7 Å². The van der Waals surface area contributed by atoms with E-state index in [0.29, 0.717) is 12.2 Å². The number of rotatable bonds is 5. The van der Waals surface area contributed by atoms with E-state index in [9.17, 15) is 28.0 Å². The molecule has 4 N–H and O–H groups in total. The minimum Gasteiger partial charge on any atom is -0.475 e. The van der Waals surface area contributed by atoms with Gasteiger partial charge in [0.15, 0.2) is 0 Å². The first-order valence-electron chi connectivity index (χ1n) is 11.2. The monoisotopic (exact) mass is 525 g/mol. The highest BCUT2D eigenvalue weighted by Crippen LogP contribution is 2.31. The first-order chi connectivity index (χ1) is 18.0. The number of urea groups is 1.